The van der Waals surface area contributed by atoms with Gasteiger partial charge in [0.2, 0.25) is 0 Å². The van der Waals surface area contributed by atoms with Crippen LogP contribution < -0.4 is 0 Å². The lowest BCUT2D eigenvalue weighted by atomic mass is 9.86. The minimum absolute atomic E-state index is 0.170. The minimum Gasteiger partial charge on any atom is -0.458 e. The van der Waals surface area contributed by atoms with Gasteiger partial charge in [0.1, 0.15) is 16.9 Å². The summed E-state index contributed by atoms with van der Waals surface area (Å²) in [7, 11) is 0. The van der Waals surface area contributed by atoms with Crippen molar-refractivity contribution in [1.29, 1.82) is 0 Å². The van der Waals surface area contributed by atoms with Gasteiger partial charge in [-0.3, -0.25) is 0 Å². The average Bonchev–Trinajstić information content (AvgIpc) is 2.74. The van der Waals surface area contributed by atoms with Crippen LogP contribution in [0, 0.1) is 12.8 Å². The first kappa shape index (κ1) is 12.2. The molecular weight excluding hydrogens is 212 g/mol. The Hall–Kier alpha value is -1.28. The van der Waals surface area contributed by atoms with Crippen molar-refractivity contribution in [3.63, 3.8) is 0 Å². The minimum atomic E-state index is -0.903. The van der Waals surface area contributed by atoms with Gasteiger partial charge in [-0.15, -0.1) is 0 Å². The van der Waals surface area contributed by atoms with E-state index in [1.165, 1.54) is 0 Å². The van der Waals surface area contributed by atoms with Gasteiger partial charge in [0.15, 0.2) is 0 Å². The third-order valence-electron chi connectivity index (χ3n) is 3.81. The van der Waals surface area contributed by atoms with Gasteiger partial charge in [-0.05, 0) is 31.4 Å². The van der Waals surface area contributed by atoms with Crippen molar-refractivity contribution in [2.24, 2.45) is 5.92 Å². The normalized spacial score (nSPS) is 17.0. The van der Waals surface area contributed by atoms with E-state index in [0.717, 1.165) is 23.0 Å². The zero-order chi connectivity index (χ0) is 12.6. The smallest absolute Gasteiger partial charge is 0.137 e. The SMILES string of the molecule is CCC(C)C(C)(O)c1cc2cccc(C)c2o1. The Bertz CT molecular complexity index is 523. The molecule has 0 spiro atoms. The molecule has 0 saturated heterocycles. The number of aryl methyl sites for hydroxylation is 1. The first-order valence-corrected chi connectivity index (χ1v) is 6.18. The fraction of sp³-hybridized carbons (Fsp3) is 0.467. The predicted molar refractivity (Wildman–Crippen MR) is 70.0 cm³/mol. The monoisotopic (exact) mass is 232 g/mol. The third-order valence-corrected chi connectivity index (χ3v) is 3.81. The summed E-state index contributed by atoms with van der Waals surface area (Å²) in [5.41, 5.74) is 1.08. The highest BCUT2D eigenvalue weighted by atomic mass is 16.4. The maximum Gasteiger partial charge on any atom is 0.137 e. The summed E-state index contributed by atoms with van der Waals surface area (Å²) < 4.78 is 5.84. The van der Waals surface area contributed by atoms with Gasteiger partial charge in [-0.25, -0.2) is 0 Å². The Labute approximate surface area is 102 Å². The molecule has 2 unspecified atom stereocenters. The summed E-state index contributed by atoms with van der Waals surface area (Å²) in [6.07, 6.45) is 0.920. The van der Waals surface area contributed by atoms with Gasteiger partial charge >= 0.3 is 0 Å². The molecule has 0 radical (unpaired) electrons. The number of fused-ring (bicyclic) bond motifs is 1. The van der Waals surface area contributed by atoms with Gasteiger partial charge in [0.05, 0.1) is 0 Å². The number of rotatable bonds is 3. The second-order valence-electron chi connectivity index (χ2n) is 5.06. The van der Waals surface area contributed by atoms with Crippen LogP contribution in [0.15, 0.2) is 28.7 Å². The second-order valence-corrected chi connectivity index (χ2v) is 5.06. The summed E-state index contributed by atoms with van der Waals surface area (Å²) in [6, 6.07) is 8.00. The molecule has 0 aliphatic heterocycles. The van der Waals surface area contributed by atoms with E-state index in [1.54, 1.807) is 0 Å². The van der Waals surface area contributed by atoms with Gasteiger partial charge in [-0.1, -0.05) is 38.5 Å². The number of aliphatic hydroxyl groups is 1. The molecule has 92 valence electrons. The molecule has 2 atom stereocenters. The maximum atomic E-state index is 10.6. The lowest BCUT2D eigenvalue weighted by Crippen LogP contribution is -2.28. The summed E-state index contributed by atoms with van der Waals surface area (Å²) in [6.45, 7) is 7.97. The number of hydrogen-bond acceptors (Lipinski definition) is 2. The van der Waals surface area contributed by atoms with Crippen LogP contribution in [-0.4, -0.2) is 5.11 Å². The second kappa shape index (κ2) is 4.19. The predicted octanol–water partition coefficient (Wildman–Crippen LogP) is 3.99. The molecule has 0 saturated carbocycles. The van der Waals surface area contributed by atoms with Crippen LogP contribution >= 0.6 is 0 Å². The quantitative estimate of drug-likeness (QED) is 0.867. The lowest BCUT2D eigenvalue weighted by molar-refractivity contribution is -0.0182. The summed E-state index contributed by atoms with van der Waals surface area (Å²) in [5.74, 6) is 0.833. The Morgan fingerprint density at radius 2 is 2.12 bits per heavy atom. The fourth-order valence-electron chi connectivity index (χ4n) is 2.10. The van der Waals surface area contributed by atoms with Crippen LogP contribution in [0.3, 0.4) is 0 Å². The highest BCUT2D eigenvalue weighted by molar-refractivity contribution is 5.81. The molecule has 2 heteroatoms. The third kappa shape index (κ3) is 1.98. The van der Waals surface area contributed by atoms with Crippen LogP contribution in [0.1, 0.15) is 38.5 Å². The Balaban J connectivity index is 2.53. The first-order chi connectivity index (χ1) is 7.96. The van der Waals surface area contributed by atoms with Crippen molar-refractivity contribution in [2.45, 2.75) is 39.7 Å². The van der Waals surface area contributed by atoms with Crippen molar-refractivity contribution in [1.82, 2.24) is 0 Å². The van der Waals surface area contributed by atoms with Crippen molar-refractivity contribution in [3.05, 3.63) is 35.6 Å². The Morgan fingerprint density at radius 3 is 2.71 bits per heavy atom. The number of furan rings is 1. The molecule has 2 nitrogen and oxygen atoms in total. The largest absolute Gasteiger partial charge is 0.458 e. The maximum absolute atomic E-state index is 10.6. The van der Waals surface area contributed by atoms with Crippen LogP contribution in [0.4, 0.5) is 0 Å². The van der Waals surface area contributed by atoms with E-state index < -0.39 is 5.60 Å². The van der Waals surface area contributed by atoms with Crippen molar-refractivity contribution < 1.29 is 9.52 Å². The fourth-order valence-corrected chi connectivity index (χ4v) is 2.10. The van der Waals surface area contributed by atoms with Gasteiger partial charge in [0, 0.05) is 5.39 Å². The average molecular weight is 232 g/mol. The highest BCUT2D eigenvalue weighted by Gasteiger charge is 2.32. The standard InChI is InChI=1S/C15H20O2/c1-5-11(3)15(4,16)13-9-12-8-6-7-10(2)14(12)17-13/h6-9,11,16H,5H2,1-4H3. The molecule has 0 aliphatic rings. The number of hydrogen-bond donors (Lipinski definition) is 1. The van der Waals surface area contributed by atoms with Crippen molar-refractivity contribution >= 4 is 11.0 Å². The summed E-state index contributed by atoms with van der Waals surface area (Å²) in [4.78, 5) is 0. The lowest BCUT2D eigenvalue weighted by Gasteiger charge is -2.27. The molecule has 1 aromatic carbocycles. The van der Waals surface area contributed by atoms with Gasteiger partial charge < -0.3 is 9.52 Å². The Kier molecular flexibility index (Phi) is 3.00. The highest BCUT2D eigenvalue weighted by Crippen LogP contribution is 2.35. The summed E-state index contributed by atoms with van der Waals surface area (Å²) in [5, 5.41) is 11.6. The van der Waals surface area contributed by atoms with E-state index in [9.17, 15) is 5.11 Å². The number of benzene rings is 1. The van der Waals surface area contributed by atoms with Gasteiger partial charge in [0.25, 0.3) is 0 Å². The molecule has 1 heterocycles. The molecule has 0 fully saturated rings. The molecule has 2 aromatic rings. The molecule has 2 rings (SSSR count). The van der Waals surface area contributed by atoms with E-state index in [-0.39, 0.29) is 5.92 Å². The van der Waals surface area contributed by atoms with Crippen LogP contribution in [-0.2, 0) is 5.60 Å². The molecule has 0 aliphatic carbocycles. The summed E-state index contributed by atoms with van der Waals surface area (Å²) >= 11 is 0. The van der Waals surface area contributed by atoms with E-state index >= 15 is 0 Å². The van der Waals surface area contributed by atoms with Crippen LogP contribution in [0.25, 0.3) is 11.0 Å². The van der Waals surface area contributed by atoms with E-state index in [1.807, 2.05) is 45.0 Å². The Morgan fingerprint density at radius 1 is 1.41 bits per heavy atom. The van der Waals surface area contributed by atoms with E-state index in [4.69, 9.17) is 4.42 Å². The molecule has 0 bridgehead atoms. The molecule has 17 heavy (non-hydrogen) atoms. The molecule has 0 amide bonds. The number of para-hydroxylation sites is 1. The van der Waals surface area contributed by atoms with Gasteiger partial charge in [-0.2, -0.15) is 0 Å². The first-order valence-electron chi connectivity index (χ1n) is 6.18. The van der Waals surface area contributed by atoms with E-state index in [0.29, 0.717) is 5.76 Å². The van der Waals surface area contributed by atoms with Crippen LogP contribution in [0.2, 0.25) is 0 Å². The van der Waals surface area contributed by atoms with E-state index in [2.05, 4.69) is 6.92 Å². The van der Waals surface area contributed by atoms with Crippen molar-refractivity contribution in [2.75, 3.05) is 0 Å². The van der Waals surface area contributed by atoms with Crippen molar-refractivity contribution in [3.8, 4) is 0 Å². The molecule has 1 aromatic heterocycles. The molecule has 1 N–H and O–H groups in total. The topological polar surface area (TPSA) is 33.4 Å². The molecular formula is C15H20O2. The zero-order valence-electron chi connectivity index (χ0n) is 10.9. The zero-order valence-corrected chi connectivity index (χ0v) is 10.9. The van der Waals surface area contributed by atoms with Crippen LogP contribution in [0.5, 0.6) is 0 Å².